The molecule has 1 saturated heterocycles. The maximum atomic E-state index is 10.3. The number of aliphatic hydroxyl groups is 1. The van der Waals surface area contributed by atoms with Crippen molar-refractivity contribution in [3.63, 3.8) is 0 Å². The van der Waals surface area contributed by atoms with Gasteiger partial charge in [0, 0.05) is 29.7 Å². The quantitative estimate of drug-likeness (QED) is 0.413. The predicted octanol–water partition coefficient (Wildman–Crippen LogP) is 4.17. The Hall–Kier alpha value is -1.75. The van der Waals surface area contributed by atoms with E-state index in [1.165, 1.54) is 17.2 Å². The molecular weight excluding hydrogens is 376 g/mol. The minimum absolute atomic E-state index is 0.124. The van der Waals surface area contributed by atoms with Crippen molar-refractivity contribution in [2.75, 3.05) is 32.6 Å². The van der Waals surface area contributed by atoms with Crippen molar-refractivity contribution in [1.29, 1.82) is 0 Å². The molecule has 1 aliphatic rings. The molecular formula is C21H34N2O4S. The number of hydrogen-bond acceptors (Lipinski definition) is 6. The lowest BCUT2D eigenvalue weighted by molar-refractivity contribution is -0.489. The predicted molar refractivity (Wildman–Crippen MR) is 116 cm³/mol. The zero-order valence-corrected chi connectivity index (χ0v) is 18.3. The third-order valence-corrected chi connectivity index (χ3v) is 4.87. The molecule has 0 bridgehead atoms. The topological polar surface area (TPSA) is 75.8 Å². The van der Waals surface area contributed by atoms with Gasteiger partial charge in [-0.1, -0.05) is 30.7 Å². The molecule has 0 amide bonds. The number of likely N-dealkylation sites (tertiary alicyclic amines) is 1. The fraction of sp³-hybridized carbons (Fsp3) is 0.619. The molecule has 2 rings (SSSR count). The molecule has 1 N–H and O–H groups in total. The summed E-state index contributed by atoms with van der Waals surface area (Å²) in [4.78, 5) is 12.3. The van der Waals surface area contributed by atoms with Crippen molar-refractivity contribution >= 4 is 11.8 Å². The van der Waals surface area contributed by atoms with Gasteiger partial charge in [0.05, 0.1) is 12.8 Å². The number of ether oxygens (including phenoxy) is 1. The van der Waals surface area contributed by atoms with Gasteiger partial charge in [-0.15, -0.1) is 0 Å². The van der Waals surface area contributed by atoms with Crippen molar-refractivity contribution in [3.8, 4) is 12.5 Å². The number of benzene rings is 1. The molecule has 28 heavy (non-hydrogen) atoms. The maximum absolute atomic E-state index is 10.3. The first-order valence-corrected chi connectivity index (χ1v) is 10.8. The molecule has 0 aromatic heterocycles. The second kappa shape index (κ2) is 16.2. The van der Waals surface area contributed by atoms with Gasteiger partial charge in [0.25, 0.3) is 0 Å². The lowest BCUT2D eigenvalue weighted by atomic mass is 9.97. The van der Waals surface area contributed by atoms with Gasteiger partial charge in [-0.2, -0.15) is 11.8 Å². The van der Waals surface area contributed by atoms with Crippen molar-refractivity contribution in [3.05, 3.63) is 45.5 Å². The van der Waals surface area contributed by atoms with Crippen molar-refractivity contribution < 1.29 is 14.8 Å². The number of piperidine rings is 1. The zero-order valence-electron chi connectivity index (χ0n) is 17.5. The van der Waals surface area contributed by atoms with E-state index in [2.05, 4.69) is 48.8 Å². The van der Waals surface area contributed by atoms with Crippen LogP contribution >= 0.6 is 11.8 Å². The van der Waals surface area contributed by atoms with Gasteiger partial charge in [0.2, 0.25) is 6.54 Å². The van der Waals surface area contributed by atoms with E-state index in [9.17, 15) is 10.1 Å². The number of nitrogens with zero attached hydrogens (tertiary/aromatic N) is 2. The Morgan fingerprint density at radius 1 is 1.39 bits per heavy atom. The van der Waals surface area contributed by atoms with E-state index in [4.69, 9.17) is 9.84 Å². The van der Waals surface area contributed by atoms with E-state index < -0.39 is 0 Å². The lowest BCUT2D eigenvalue weighted by Crippen LogP contribution is -2.37. The molecule has 7 heteroatoms. The molecule has 1 heterocycles. The van der Waals surface area contributed by atoms with Gasteiger partial charge in [-0.05, 0) is 51.0 Å². The van der Waals surface area contributed by atoms with E-state index >= 15 is 0 Å². The number of aliphatic hydroxyl groups excluding tert-OH is 1. The van der Waals surface area contributed by atoms with Crippen LogP contribution in [0.2, 0.25) is 0 Å². The lowest BCUT2D eigenvalue weighted by Gasteiger charge is -2.30. The third-order valence-electron chi connectivity index (χ3n) is 4.27. The van der Waals surface area contributed by atoms with E-state index in [0.29, 0.717) is 6.73 Å². The Balaban J connectivity index is 0.000000483. The first-order chi connectivity index (χ1) is 13.3. The van der Waals surface area contributed by atoms with Crippen molar-refractivity contribution in [2.24, 2.45) is 5.92 Å². The second-order valence-electron chi connectivity index (χ2n) is 6.91. The Morgan fingerprint density at radius 3 is 2.43 bits per heavy atom. The molecule has 1 aliphatic heterocycles. The number of rotatable bonds is 7. The molecule has 0 unspecified atom stereocenters. The van der Waals surface area contributed by atoms with E-state index in [0.717, 1.165) is 31.7 Å². The van der Waals surface area contributed by atoms with Crippen LogP contribution in [0.25, 0.3) is 0 Å². The van der Waals surface area contributed by atoms with E-state index in [1.807, 2.05) is 25.6 Å². The monoisotopic (exact) mass is 410 g/mol. The molecule has 158 valence electrons. The SMILES string of the molecule is C#CO.CC(C)OCN1CCC(C[N+](=O)[O-])CC1.CSCc1ccccc1C. The smallest absolute Gasteiger partial charge is 0.206 e. The molecule has 1 fully saturated rings. The molecule has 6 nitrogen and oxygen atoms in total. The first-order valence-electron chi connectivity index (χ1n) is 9.42. The second-order valence-corrected chi connectivity index (χ2v) is 7.78. The van der Waals surface area contributed by atoms with Crippen LogP contribution in [0.3, 0.4) is 0 Å². The van der Waals surface area contributed by atoms with Gasteiger partial charge < -0.3 is 9.84 Å². The van der Waals surface area contributed by atoms with Gasteiger partial charge in [-0.3, -0.25) is 15.0 Å². The Morgan fingerprint density at radius 2 is 1.96 bits per heavy atom. The highest BCUT2D eigenvalue weighted by Gasteiger charge is 2.22. The van der Waals surface area contributed by atoms with Gasteiger partial charge in [0.15, 0.2) is 0 Å². The Kier molecular flexibility index (Phi) is 15.2. The van der Waals surface area contributed by atoms with Gasteiger partial charge in [0.1, 0.15) is 6.11 Å². The number of aryl methyl sites for hydroxylation is 1. The highest BCUT2D eigenvalue weighted by atomic mass is 32.2. The summed E-state index contributed by atoms with van der Waals surface area (Å²) in [6.45, 7) is 8.81. The summed E-state index contributed by atoms with van der Waals surface area (Å²) < 4.78 is 5.49. The fourth-order valence-corrected chi connectivity index (χ4v) is 3.33. The summed E-state index contributed by atoms with van der Waals surface area (Å²) in [5, 5.41) is 17.4. The van der Waals surface area contributed by atoms with Crippen LogP contribution in [0.15, 0.2) is 24.3 Å². The van der Waals surface area contributed by atoms with Crippen LogP contribution in [0.4, 0.5) is 0 Å². The highest BCUT2D eigenvalue weighted by Crippen LogP contribution is 2.17. The molecule has 0 aliphatic carbocycles. The summed E-state index contributed by atoms with van der Waals surface area (Å²) in [5.41, 5.74) is 2.85. The summed E-state index contributed by atoms with van der Waals surface area (Å²) in [6, 6.07) is 8.52. The highest BCUT2D eigenvalue weighted by molar-refractivity contribution is 7.97. The molecule has 1 aromatic carbocycles. The maximum Gasteiger partial charge on any atom is 0.206 e. The number of thioether (sulfide) groups is 1. The minimum atomic E-state index is -0.203. The summed E-state index contributed by atoms with van der Waals surface area (Å²) >= 11 is 1.87. The average Bonchev–Trinajstić information content (AvgIpc) is 2.64. The van der Waals surface area contributed by atoms with Crippen LogP contribution in [0.5, 0.6) is 0 Å². The minimum Gasteiger partial charge on any atom is -0.462 e. The number of terminal acetylenes is 1. The summed E-state index contributed by atoms with van der Waals surface area (Å²) in [6.07, 6.45) is 9.62. The Labute approximate surface area is 173 Å². The van der Waals surface area contributed by atoms with E-state index in [-0.39, 0.29) is 23.5 Å². The zero-order chi connectivity index (χ0) is 21.4. The molecule has 0 spiro atoms. The van der Waals surface area contributed by atoms with Crippen LogP contribution in [-0.2, 0) is 10.5 Å². The average molecular weight is 411 g/mol. The number of nitro groups is 1. The molecule has 0 radical (unpaired) electrons. The van der Waals surface area contributed by atoms with Crippen LogP contribution in [-0.4, -0.2) is 53.7 Å². The number of hydrogen-bond donors (Lipinski definition) is 1. The normalized spacial score (nSPS) is 14.3. The largest absolute Gasteiger partial charge is 0.462 e. The fourth-order valence-electron chi connectivity index (χ4n) is 2.69. The van der Waals surface area contributed by atoms with Crippen LogP contribution in [0.1, 0.15) is 37.8 Å². The standard InChI is InChI=1S/C10H20N2O3.C9H12S.C2H2O/c1-9(2)15-8-11-5-3-10(4-6-11)7-12(13)14;1-8-5-3-4-6-9(8)7-10-2;1-2-3/h9-10H,3-8H2,1-2H3;3-6H,7H2,1-2H3;1,3H. The van der Waals surface area contributed by atoms with Crippen molar-refractivity contribution in [2.45, 2.75) is 45.5 Å². The van der Waals surface area contributed by atoms with Gasteiger partial charge in [-0.25, -0.2) is 0 Å². The summed E-state index contributed by atoms with van der Waals surface area (Å²) in [7, 11) is 0. The van der Waals surface area contributed by atoms with E-state index in [1.54, 1.807) is 0 Å². The van der Waals surface area contributed by atoms with Crippen molar-refractivity contribution in [1.82, 2.24) is 4.90 Å². The van der Waals surface area contributed by atoms with Crippen LogP contribution < -0.4 is 0 Å². The molecule has 1 aromatic rings. The third kappa shape index (κ3) is 13.4. The molecule has 0 saturated carbocycles. The van der Waals surface area contributed by atoms with Gasteiger partial charge >= 0.3 is 0 Å². The summed E-state index contributed by atoms with van der Waals surface area (Å²) in [5.74, 6) is 1.39. The Bertz CT molecular complexity index is 582. The molecule has 0 atom stereocenters. The van der Waals surface area contributed by atoms with Crippen LogP contribution in [0, 0.1) is 35.5 Å². The first kappa shape index (κ1) is 26.2.